The van der Waals surface area contributed by atoms with E-state index in [9.17, 15) is 0 Å². The number of rotatable bonds is 1. The highest BCUT2D eigenvalue weighted by atomic mass is 15.3. The van der Waals surface area contributed by atoms with Crippen LogP contribution in [0.25, 0.3) is 5.70 Å². The van der Waals surface area contributed by atoms with E-state index in [0.717, 1.165) is 11.4 Å². The Morgan fingerprint density at radius 2 is 2.11 bits per heavy atom. The Labute approximate surface area is 113 Å². The van der Waals surface area contributed by atoms with Gasteiger partial charge in [-0.2, -0.15) is 0 Å². The summed E-state index contributed by atoms with van der Waals surface area (Å²) in [5, 5.41) is 0. The minimum Gasteiger partial charge on any atom is -0.330 e. The first-order valence-corrected chi connectivity index (χ1v) is 6.73. The van der Waals surface area contributed by atoms with E-state index in [2.05, 4.69) is 47.7 Å². The van der Waals surface area contributed by atoms with Gasteiger partial charge in [0, 0.05) is 17.5 Å². The monoisotopic (exact) mass is 248 g/mol. The van der Waals surface area contributed by atoms with E-state index in [-0.39, 0.29) is 5.54 Å². The van der Waals surface area contributed by atoms with Crippen LogP contribution in [0, 0.1) is 6.92 Å². The van der Waals surface area contributed by atoms with Gasteiger partial charge in [-0.25, -0.2) is 0 Å². The molecule has 0 bridgehead atoms. The zero-order chi connectivity index (χ0) is 13.0. The fourth-order valence-electron chi connectivity index (χ4n) is 3.29. The lowest BCUT2D eigenvalue weighted by atomic mass is 10.00. The molecule has 0 amide bonds. The van der Waals surface area contributed by atoms with Crippen molar-refractivity contribution in [1.82, 2.24) is 4.98 Å². The fourth-order valence-corrected chi connectivity index (χ4v) is 3.29. The maximum atomic E-state index is 4.32. The van der Waals surface area contributed by atoms with Crippen molar-refractivity contribution in [1.29, 1.82) is 0 Å². The van der Waals surface area contributed by atoms with E-state index >= 15 is 0 Å². The van der Waals surface area contributed by atoms with Crippen molar-refractivity contribution in [3.05, 3.63) is 66.0 Å². The molecule has 2 heterocycles. The van der Waals surface area contributed by atoms with Gasteiger partial charge in [-0.15, -0.1) is 0 Å². The Morgan fingerprint density at radius 3 is 2.79 bits per heavy atom. The second kappa shape index (κ2) is 3.47. The third-order valence-corrected chi connectivity index (χ3v) is 4.31. The summed E-state index contributed by atoms with van der Waals surface area (Å²) in [5.74, 6) is 0. The van der Waals surface area contributed by atoms with Crippen LogP contribution < -0.4 is 4.90 Å². The molecule has 19 heavy (non-hydrogen) atoms. The van der Waals surface area contributed by atoms with Gasteiger partial charge in [-0.05, 0) is 37.5 Å². The van der Waals surface area contributed by atoms with Crippen LogP contribution in [-0.2, 0) is 5.54 Å². The van der Waals surface area contributed by atoms with Gasteiger partial charge in [0.15, 0.2) is 0 Å². The van der Waals surface area contributed by atoms with Crippen LogP contribution in [0.1, 0.15) is 29.5 Å². The van der Waals surface area contributed by atoms with E-state index in [4.69, 9.17) is 0 Å². The van der Waals surface area contributed by atoms with Crippen LogP contribution >= 0.6 is 0 Å². The number of aryl methyl sites for hydroxylation is 1. The number of pyridine rings is 1. The highest BCUT2D eigenvalue weighted by Crippen LogP contribution is 2.61. The molecule has 2 heteroatoms. The molecule has 1 aromatic carbocycles. The lowest BCUT2D eigenvalue weighted by Gasteiger charge is -2.27. The van der Waals surface area contributed by atoms with Crippen molar-refractivity contribution in [3.8, 4) is 0 Å². The maximum Gasteiger partial charge on any atom is 0.0711 e. The summed E-state index contributed by atoms with van der Waals surface area (Å²) in [6.45, 7) is 6.48. The Bertz CT molecular complexity index is 669. The predicted molar refractivity (Wildman–Crippen MR) is 77.8 cm³/mol. The molecule has 0 N–H and O–H groups in total. The lowest BCUT2D eigenvalue weighted by Crippen LogP contribution is -2.27. The first-order valence-electron chi connectivity index (χ1n) is 6.73. The lowest BCUT2D eigenvalue weighted by molar-refractivity contribution is 0.737. The van der Waals surface area contributed by atoms with Crippen molar-refractivity contribution in [2.75, 3.05) is 4.90 Å². The number of fused-ring (bicyclic) bond motifs is 2. The van der Waals surface area contributed by atoms with Gasteiger partial charge in [-0.1, -0.05) is 30.3 Å². The second-order valence-corrected chi connectivity index (χ2v) is 5.57. The molecule has 4 rings (SSSR count). The third kappa shape index (κ3) is 1.34. The summed E-state index contributed by atoms with van der Waals surface area (Å²) in [4.78, 5) is 6.63. The van der Waals surface area contributed by atoms with Crippen molar-refractivity contribution in [2.24, 2.45) is 0 Å². The molecule has 1 aliphatic heterocycles. The number of anilines is 1. The third-order valence-electron chi connectivity index (χ3n) is 4.31. The molecule has 1 aliphatic carbocycles. The molecule has 0 radical (unpaired) electrons. The Morgan fingerprint density at radius 1 is 1.26 bits per heavy atom. The quantitative estimate of drug-likeness (QED) is 0.761. The summed E-state index contributed by atoms with van der Waals surface area (Å²) >= 11 is 0. The highest BCUT2D eigenvalue weighted by molar-refractivity contribution is 5.88. The molecular formula is C17H16N2. The molecule has 0 unspecified atom stereocenters. The summed E-state index contributed by atoms with van der Waals surface area (Å²) < 4.78 is 0. The van der Waals surface area contributed by atoms with Gasteiger partial charge < -0.3 is 4.90 Å². The SMILES string of the molecule is C=C1c2ccc(C)cc2C2(CC2)N1c1cccnc1. The first-order chi connectivity index (χ1) is 9.22. The minimum atomic E-state index is 0.154. The number of aromatic nitrogens is 1. The smallest absolute Gasteiger partial charge is 0.0711 e. The molecule has 94 valence electrons. The number of nitrogens with zero attached hydrogens (tertiary/aromatic N) is 2. The minimum absolute atomic E-state index is 0.154. The van der Waals surface area contributed by atoms with E-state index in [1.165, 1.54) is 29.5 Å². The van der Waals surface area contributed by atoms with Crippen LogP contribution in [0.2, 0.25) is 0 Å². The Hall–Kier alpha value is -2.09. The van der Waals surface area contributed by atoms with Crippen molar-refractivity contribution < 1.29 is 0 Å². The zero-order valence-electron chi connectivity index (χ0n) is 11.1. The first kappa shape index (κ1) is 10.8. The summed E-state index contributed by atoms with van der Waals surface area (Å²) in [6, 6.07) is 10.8. The van der Waals surface area contributed by atoms with E-state index in [1.54, 1.807) is 0 Å². The average molecular weight is 248 g/mol. The molecular weight excluding hydrogens is 232 g/mol. The summed E-state index contributed by atoms with van der Waals surface area (Å²) in [6.07, 6.45) is 6.16. The van der Waals surface area contributed by atoms with Crippen molar-refractivity contribution in [3.63, 3.8) is 0 Å². The van der Waals surface area contributed by atoms with Gasteiger partial charge in [-0.3, -0.25) is 4.98 Å². The van der Waals surface area contributed by atoms with Crippen molar-refractivity contribution in [2.45, 2.75) is 25.3 Å². The standard InChI is InChI=1S/C17H16N2/c1-12-5-6-15-13(2)19(14-4-3-9-18-11-14)17(7-8-17)16(15)10-12/h3-6,9-11H,2,7-8H2,1H3. The molecule has 1 spiro atoms. The Balaban J connectivity index is 1.91. The number of benzene rings is 1. The highest BCUT2D eigenvalue weighted by Gasteiger charge is 2.56. The van der Waals surface area contributed by atoms with Crippen LogP contribution in [0.4, 0.5) is 5.69 Å². The van der Waals surface area contributed by atoms with Gasteiger partial charge in [0.05, 0.1) is 17.4 Å². The van der Waals surface area contributed by atoms with Crippen LogP contribution in [0.15, 0.2) is 49.3 Å². The van der Waals surface area contributed by atoms with E-state index in [0.29, 0.717) is 0 Å². The molecule has 2 nitrogen and oxygen atoms in total. The van der Waals surface area contributed by atoms with E-state index < -0.39 is 0 Å². The maximum absolute atomic E-state index is 4.32. The molecule has 2 aliphatic rings. The van der Waals surface area contributed by atoms with Gasteiger partial charge >= 0.3 is 0 Å². The topological polar surface area (TPSA) is 16.1 Å². The molecule has 1 saturated carbocycles. The largest absolute Gasteiger partial charge is 0.330 e. The van der Waals surface area contributed by atoms with Gasteiger partial charge in [0.2, 0.25) is 0 Å². The van der Waals surface area contributed by atoms with Crippen molar-refractivity contribution >= 4 is 11.4 Å². The van der Waals surface area contributed by atoms with Crippen LogP contribution in [0.3, 0.4) is 0 Å². The molecule has 1 fully saturated rings. The van der Waals surface area contributed by atoms with Crippen LogP contribution in [-0.4, -0.2) is 4.98 Å². The predicted octanol–water partition coefficient (Wildman–Crippen LogP) is 3.87. The number of hydrogen-bond acceptors (Lipinski definition) is 2. The number of hydrogen-bond donors (Lipinski definition) is 0. The van der Waals surface area contributed by atoms with Gasteiger partial charge in [0.25, 0.3) is 0 Å². The second-order valence-electron chi connectivity index (χ2n) is 5.57. The fraction of sp³-hybridized carbons (Fsp3) is 0.235. The zero-order valence-corrected chi connectivity index (χ0v) is 11.1. The molecule has 0 saturated heterocycles. The molecule has 0 atom stereocenters. The summed E-state index contributed by atoms with van der Waals surface area (Å²) in [5.41, 5.74) is 6.49. The average Bonchev–Trinajstić information content (AvgIpc) is 3.17. The van der Waals surface area contributed by atoms with Crippen LogP contribution in [0.5, 0.6) is 0 Å². The molecule has 2 aromatic rings. The molecule has 1 aromatic heterocycles. The van der Waals surface area contributed by atoms with Gasteiger partial charge in [0.1, 0.15) is 0 Å². The van der Waals surface area contributed by atoms with E-state index in [1.807, 2.05) is 18.5 Å². The normalized spacial score (nSPS) is 18.8. The Kier molecular flexibility index (Phi) is 1.97. The summed E-state index contributed by atoms with van der Waals surface area (Å²) in [7, 11) is 0.